The Morgan fingerprint density at radius 3 is 2.86 bits per heavy atom. The number of hydrogen-bond acceptors (Lipinski definition) is 3. The van der Waals surface area contributed by atoms with Crippen LogP contribution in [0.5, 0.6) is 0 Å². The van der Waals surface area contributed by atoms with Gasteiger partial charge in [-0.05, 0) is 18.4 Å². The van der Waals surface area contributed by atoms with Crippen LogP contribution in [0.3, 0.4) is 0 Å². The van der Waals surface area contributed by atoms with Crippen LogP contribution in [0.1, 0.15) is 13.3 Å². The van der Waals surface area contributed by atoms with Gasteiger partial charge in [0, 0.05) is 26.4 Å². The normalized spacial score (nSPS) is 23.4. The predicted molar refractivity (Wildman–Crippen MR) is 57.0 cm³/mol. The lowest BCUT2D eigenvalue weighted by molar-refractivity contribution is -0.126. The summed E-state index contributed by atoms with van der Waals surface area (Å²) in [4.78, 5) is 17.2. The van der Waals surface area contributed by atoms with Gasteiger partial charge in [-0.15, -0.1) is 0 Å². The van der Waals surface area contributed by atoms with Crippen molar-refractivity contribution in [2.45, 2.75) is 13.3 Å². The Morgan fingerprint density at radius 2 is 2.36 bits per heavy atom. The van der Waals surface area contributed by atoms with Crippen LogP contribution in [0.25, 0.3) is 0 Å². The maximum atomic E-state index is 11.7. The fourth-order valence-corrected chi connectivity index (χ4v) is 1.53. The molecule has 1 aliphatic rings. The summed E-state index contributed by atoms with van der Waals surface area (Å²) in [5.74, 6) is 0.515. The molecule has 0 radical (unpaired) electrons. The molecule has 0 aromatic rings. The van der Waals surface area contributed by atoms with Gasteiger partial charge in [0.2, 0.25) is 0 Å². The van der Waals surface area contributed by atoms with E-state index in [0.29, 0.717) is 5.92 Å². The van der Waals surface area contributed by atoms with E-state index in [2.05, 4.69) is 11.9 Å². The molecule has 1 atom stereocenters. The van der Waals surface area contributed by atoms with E-state index in [1.807, 2.05) is 0 Å². The van der Waals surface area contributed by atoms with Crippen molar-refractivity contribution in [1.82, 2.24) is 4.90 Å². The molecule has 0 unspecified atom stereocenters. The molecule has 0 saturated carbocycles. The Morgan fingerprint density at radius 1 is 1.64 bits per heavy atom. The SMILES string of the molecule is CN=C/C=C(\N)C(=O)N1CC[C@H](C)C1. The van der Waals surface area contributed by atoms with E-state index in [-0.39, 0.29) is 11.6 Å². The number of nitrogens with zero attached hydrogens (tertiary/aromatic N) is 2. The van der Waals surface area contributed by atoms with Gasteiger partial charge in [-0.3, -0.25) is 9.79 Å². The van der Waals surface area contributed by atoms with Crippen molar-refractivity contribution < 1.29 is 4.79 Å². The van der Waals surface area contributed by atoms with Gasteiger partial charge >= 0.3 is 0 Å². The first-order valence-electron chi connectivity index (χ1n) is 4.82. The standard InChI is InChI=1S/C10H17N3O/c1-8-4-6-13(7-8)10(14)9(11)3-5-12-2/h3,5,8H,4,6-7,11H2,1-2H3/b9-3-,12-5?/t8-/m0/s1. The Balaban J connectivity index is 2.57. The summed E-state index contributed by atoms with van der Waals surface area (Å²) < 4.78 is 0. The van der Waals surface area contributed by atoms with Gasteiger partial charge in [-0.1, -0.05) is 6.92 Å². The molecule has 1 amide bonds. The van der Waals surface area contributed by atoms with E-state index in [9.17, 15) is 4.79 Å². The first-order chi connectivity index (χ1) is 6.65. The number of nitrogens with two attached hydrogens (primary N) is 1. The molecular formula is C10H17N3O. The lowest BCUT2D eigenvalue weighted by Crippen LogP contribution is -2.32. The van der Waals surface area contributed by atoms with E-state index in [0.717, 1.165) is 19.5 Å². The molecule has 1 saturated heterocycles. The fraction of sp³-hybridized carbons (Fsp3) is 0.600. The summed E-state index contributed by atoms with van der Waals surface area (Å²) in [6.45, 7) is 3.77. The third-order valence-electron chi connectivity index (χ3n) is 2.36. The number of allylic oxidation sites excluding steroid dienone is 1. The molecule has 14 heavy (non-hydrogen) atoms. The average molecular weight is 195 g/mol. The van der Waals surface area contributed by atoms with Crippen molar-refractivity contribution in [3.8, 4) is 0 Å². The van der Waals surface area contributed by atoms with E-state index in [1.54, 1.807) is 18.0 Å². The average Bonchev–Trinajstić information content (AvgIpc) is 2.60. The molecule has 4 nitrogen and oxygen atoms in total. The second-order valence-corrected chi connectivity index (χ2v) is 3.67. The molecule has 78 valence electrons. The van der Waals surface area contributed by atoms with Crippen molar-refractivity contribution in [3.63, 3.8) is 0 Å². The zero-order chi connectivity index (χ0) is 10.6. The number of likely N-dealkylation sites (tertiary alicyclic amines) is 1. The lowest BCUT2D eigenvalue weighted by Gasteiger charge is -2.15. The van der Waals surface area contributed by atoms with Crippen LogP contribution < -0.4 is 5.73 Å². The van der Waals surface area contributed by atoms with Crippen molar-refractivity contribution in [3.05, 3.63) is 11.8 Å². The Hall–Kier alpha value is -1.32. The Kier molecular flexibility index (Phi) is 3.68. The van der Waals surface area contributed by atoms with Gasteiger partial charge < -0.3 is 10.6 Å². The van der Waals surface area contributed by atoms with Crippen LogP contribution >= 0.6 is 0 Å². The molecule has 1 heterocycles. The first-order valence-corrected chi connectivity index (χ1v) is 4.82. The quantitative estimate of drug-likeness (QED) is 0.512. The van der Waals surface area contributed by atoms with Gasteiger partial charge in [0.25, 0.3) is 5.91 Å². The van der Waals surface area contributed by atoms with E-state index < -0.39 is 0 Å². The Bertz CT molecular complexity index is 271. The highest BCUT2D eigenvalue weighted by molar-refractivity contribution is 5.96. The largest absolute Gasteiger partial charge is 0.394 e. The van der Waals surface area contributed by atoms with Gasteiger partial charge in [0.05, 0.1) is 5.70 Å². The van der Waals surface area contributed by atoms with E-state index in [4.69, 9.17) is 5.73 Å². The molecule has 0 bridgehead atoms. The summed E-state index contributed by atoms with van der Waals surface area (Å²) in [7, 11) is 1.65. The molecule has 0 aliphatic carbocycles. The zero-order valence-corrected chi connectivity index (χ0v) is 8.73. The lowest BCUT2D eigenvalue weighted by atomic mass is 10.2. The first kappa shape index (κ1) is 10.8. The second kappa shape index (κ2) is 4.79. The molecule has 1 rings (SSSR count). The fourth-order valence-electron chi connectivity index (χ4n) is 1.53. The second-order valence-electron chi connectivity index (χ2n) is 3.67. The minimum atomic E-state index is -0.0748. The minimum Gasteiger partial charge on any atom is -0.394 e. The number of carbonyl (C=O) groups excluding carboxylic acids is 1. The van der Waals surface area contributed by atoms with Crippen LogP contribution in [-0.2, 0) is 4.79 Å². The molecule has 4 heteroatoms. The summed E-state index contributed by atoms with van der Waals surface area (Å²) in [6.07, 6.45) is 4.15. The van der Waals surface area contributed by atoms with E-state index in [1.165, 1.54) is 6.21 Å². The van der Waals surface area contributed by atoms with Crippen molar-refractivity contribution in [1.29, 1.82) is 0 Å². The monoisotopic (exact) mass is 195 g/mol. The Labute approximate surface area is 84.5 Å². The smallest absolute Gasteiger partial charge is 0.269 e. The summed E-state index contributed by atoms with van der Waals surface area (Å²) in [5, 5.41) is 0. The molecule has 0 aromatic carbocycles. The third-order valence-corrected chi connectivity index (χ3v) is 2.36. The summed E-state index contributed by atoms with van der Waals surface area (Å²) >= 11 is 0. The summed E-state index contributed by atoms with van der Waals surface area (Å²) in [6, 6.07) is 0. The van der Waals surface area contributed by atoms with Gasteiger partial charge in [-0.2, -0.15) is 0 Å². The highest BCUT2D eigenvalue weighted by atomic mass is 16.2. The number of rotatable bonds is 2. The van der Waals surface area contributed by atoms with Crippen LogP contribution in [0.4, 0.5) is 0 Å². The van der Waals surface area contributed by atoms with Crippen LogP contribution in [0, 0.1) is 5.92 Å². The van der Waals surface area contributed by atoms with Gasteiger partial charge in [0.1, 0.15) is 0 Å². The van der Waals surface area contributed by atoms with Crippen molar-refractivity contribution >= 4 is 12.1 Å². The van der Waals surface area contributed by atoms with Gasteiger partial charge in [0.15, 0.2) is 0 Å². The van der Waals surface area contributed by atoms with Crippen LogP contribution in [0.2, 0.25) is 0 Å². The summed E-state index contributed by atoms with van der Waals surface area (Å²) in [5.41, 5.74) is 5.88. The molecule has 0 aromatic heterocycles. The molecular weight excluding hydrogens is 178 g/mol. The van der Waals surface area contributed by atoms with E-state index >= 15 is 0 Å². The highest BCUT2D eigenvalue weighted by Crippen LogP contribution is 2.15. The molecule has 1 fully saturated rings. The topological polar surface area (TPSA) is 58.7 Å². The molecule has 2 N–H and O–H groups in total. The predicted octanol–water partition coefficient (Wildman–Crippen LogP) is 0.398. The van der Waals surface area contributed by atoms with Crippen molar-refractivity contribution in [2.75, 3.05) is 20.1 Å². The van der Waals surface area contributed by atoms with Crippen LogP contribution in [-0.4, -0.2) is 37.2 Å². The maximum absolute atomic E-state index is 11.7. The van der Waals surface area contributed by atoms with Gasteiger partial charge in [-0.25, -0.2) is 0 Å². The van der Waals surface area contributed by atoms with Crippen molar-refractivity contribution in [2.24, 2.45) is 16.6 Å². The molecule has 1 aliphatic heterocycles. The third kappa shape index (κ3) is 2.58. The minimum absolute atomic E-state index is 0.0748. The number of aliphatic imine (C=N–C) groups is 1. The zero-order valence-electron chi connectivity index (χ0n) is 8.73. The number of amides is 1. The maximum Gasteiger partial charge on any atom is 0.269 e. The molecule has 0 spiro atoms. The van der Waals surface area contributed by atoms with Crippen LogP contribution in [0.15, 0.2) is 16.8 Å². The number of hydrogen-bond donors (Lipinski definition) is 1. The number of carbonyl (C=O) groups is 1. The highest BCUT2D eigenvalue weighted by Gasteiger charge is 2.23.